The summed E-state index contributed by atoms with van der Waals surface area (Å²) in [5.74, 6) is 0.921. The number of hydrogen-bond acceptors (Lipinski definition) is 2. The van der Waals surface area contributed by atoms with Crippen LogP contribution in [0, 0.1) is 6.92 Å². The molecule has 0 aliphatic heterocycles. The van der Waals surface area contributed by atoms with Crippen molar-refractivity contribution in [3.05, 3.63) is 65.7 Å². The zero-order valence-corrected chi connectivity index (χ0v) is 15.1. The largest absolute Gasteiger partial charge is 0.489 e. The molecule has 2 heteroatoms. The van der Waals surface area contributed by atoms with E-state index in [0.29, 0.717) is 6.61 Å². The second-order valence-corrected chi connectivity index (χ2v) is 5.84. The van der Waals surface area contributed by atoms with Gasteiger partial charge in [-0.1, -0.05) is 68.3 Å². The van der Waals surface area contributed by atoms with Crippen LogP contribution in [0.4, 0.5) is 0 Å². The summed E-state index contributed by atoms with van der Waals surface area (Å²) in [6.07, 6.45) is 2.65. The van der Waals surface area contributed by atoms with Gasteiger partial charge in [-0.15, -0.1) is 0 Å². The second-order valence-electron chi connectivity index (χ2n) is 5.84. The van der Waals surface area contributed by atoms with Crippen LogP contribution in [0.25, 0.3) is 0 Å². The third kappa shape index (κ3) is 9.04. The summed E-state index contributed by atoms with van der Waals surface area (Å²) >= 11 is 0. The Bertz CT molecular complexity index is 507. The number of aryl methyl sites for hydroxylation is 1. The number of hydrogen-bond donors (Lipinski definition) is 0. The Labute approximate surface area is 142 Å². The molecule has 0 heterocycles. The predicted octanol–water partition coefficient (Wildman–Crippen LogP) is 5.31. The molecule has 2 aromatic carbocycles. The van der Waals surface area contributed by atoms with Gasteiger partial charge in [0.2, 0.25) is 0 Å². The lowest BCUT2D eigenvalue weighted by atomic mass is 10.2. The summed E-state index contributed by atoms with van der Waals surface area (Å²) in [6.45, 7) is 9.55. The van der Waals surface area contributed by atoms with E-state index >= 15 is 0 Å². The number of ether oxygens (including phenoxy) is 1. The molecule has 0 fully saturated rings. The normalized spacial score (nSPS) is 10.1. The Kier molecular flexibility index (Phi) is 9.81. The molecular weight excluding hydrogens is 282 g/mol. The molecule has 0 aliphatic rings. The van der Waals surface area contributed by atoms with Crippen LogP contribution < -0.4 is 4.74 Å². The van der Waals surface area contributed by atoms with E-state index in [0.717, 1.165) is 5.75 Å². The highest BCUT2D eigenvalue weighted by Crippen LogP contribution is 2.13. The Morgan fingerprint density at radius 1 is 0.913 bits per heavy atom. The highest BCUT2D eigenvalue weighted by atomic mass is 16.5. The fourth-order valence-corrected chi connectivity index (χ4v) is 1.96. The minimum absolute atomic E-state index is 0.629. The van der Waals surface area contributed by atoms with E-state index in [4.69, 9.17) is 4.74 Å². The van der Waals surface area contributed by atoms with Crippen molar-refractivity contribution >= 4 is 0 Å². The van der Waals surface area contributed by atoms with Crippen LogP contribution in [0.1, 0.15) is 37.8 Å². The first-order valence-corrected chi connectivity index (χ1v) is 8.57. The summed E-state index contributed by atoms with van der Waals surface area (Å²) in [7, 11) is 2.16. The summed E-state index contributed by atoms with van der Waals surface area (Å²) in [4.78, 5) is 2.34. The lowest BCUT2D eigenvalue weighted by Gasteiger charge is -2.11. The van der Waals surface area contributed by atoms with Crippen LogP contribution in [0.15, 0.2) is 54.6 Å². The second kappa shape index (κ2) is 11.7. The average molecular weight is 313 g/mol. The molecule has 0 saturated heterocycles. The van der Waals surface area contributed by atoms with E-state index in [9.17, 15) is 0 Å². The van der Waals surface area contributed by atoms with Crippen LogP contribution in [0.3, 0.4) is 0 Å². The van der Waals surface area contributed by atoms with E-state index in [1.807, 2.05) is 30.3 Å². The standard InChI is InChI=1S/C14H14O.C7H17N/c1-12-7-9-14(10-8-12)15-11-13-5-3-2-4-6-13;1-4-6-7-8(3)5-2/h2-10H,11H2,1H3;4-7H2,1-3H3. The van der Waals surface area contributed by atoms with Crippen molar-refractivity contribution in [3.8, 4) is 5.75 Å². The Morgan fingerprint density at radius 3 is 2.13 bits per heavy atom. The molecule has 2 aromatic rings. The van der Waals surface area contributed by atoms with Crippen LogP contribution in [-0.2, 0) is 6.61 Å². The molecule has 2 nitrogen and oxygen atoms in total. The first kappa shape index (κ1) is 19.2. The van der Waals surface area contributed by atoms with Crippen LogP contribution in [0.2, 0.25) is 0 Å². The fourth-order valence-electron chi connectivity index (χ4n) is 1.96. The van der Waals surface area contributed by atoms with E-state index in [2.05, 4.69) is 57.0 Å². The van der Waals surface area contributed by atoms with Gasteiger partial charge in [0.1, 0.15) is 12.4 Å². The summed E-state index contributed by atoms with van der Waals surface area (Å²) < 4.78 is 5.65. The van der Waals surface area contributed by atoms with Crippen molar-refractivity contribution in [2.75, 3.05) is 20.1 Å². The molecule has 0 aromatic heterocycles. The number of benzene rings is 2. The van der Waals surface area contributed by atoms with Gasteiger partial charge < -0.3 is 9.64 Å². The number of unbranched alkanes of at least 4 members (excludes halogenated alkanes) is 1. The zero-order chi connectivity index (χ0) is 16.9. The van der Waals surface area contributed by atoms with Crippen LogP contribution >= 0.6 is 0 Å². The van der Waals surface area contributed by atoms with Crippen LogP contribution in [-0.4, -0.2) is 25.0 Å². The molecule has 0 amide bonds. The summed E-state index contributed by atoms with van der Waals surface area (Å²) in [5.41, 5.74) is 2.44. The van der Waals surface area contributed by atoms with Crippen molar-refractivity contribution in [2.24, 2.45) is 0 Å². The van der Waals surface area contributed by atoms with E-state index in [-0.39, 0.29) is 0 Å². The van der Waals surface area contributed by atoms with Gasteiger partial charge in [-0.2, -0.15) is 0 Å². The molecule has 0 bridgehead atoms. The van der Waals surface area contributed by atoms with Gasteiger partial charge >= 0.3 is 0 Å². The maximum absolute atomic E-state index is 5.65. The maximum Gasteiger partial charge on any atom is 0.119 e. The minimum atomic E-state index is 0.629. The van der Waals surface area contributed by atoms with Gasteiger partial charge in [-0.25, -0.2) is 0 Å². The quantitative estimate of drug-likeness (QED) is 0.686. The molecule has 0 N–H and O–H groups in total. The first-order chi connectivity index (χ1) is 11.2. The van der Waals surface area contributed by atoms with E-state index < -0.39 is 0 Å². The van der Waals surface area contributed by atoms with Gasteiger partial charge in [0.15, 0.2) is 0 Å². The lowest BCUT2D eigenvalue weighted by Crippen LogP contribution is -2.18. The predicted molar refractivity (Wildman–Crippen MR) is 100 cm³/mol. The van der Waals surface area contributed by atoms with E-state index in [1.165, 1.54) is 37.1 Å². The maximum atomic E-state index is 5.65. The Morgan fingerprint density at radius 2 is 1.57 bits per heavy atom. The summed E-state index contributed by atoms with van der Waals surface area (Å²) in [5, 5.41) is 0. The average Bonchev–Trinajstić information content (AvgIpc) is 2.60. The van der Waals surface area contributed by atoms with Crippen molar-refractivity contribution in [1.29, 1.82) is 0 Å². The van der Waals surface area contributed by atoms with E-state index in [1.54, 1.807) is 0 Å². The van der Waals surface area contributed by atoms with Gasteiger partial charge in [0.25, 0.3) is 0 Å². The third-order valence-corrected chi connectivity index (χ3v) is 3.70. The highest BCUT2D eigenvalue weighted by Gasteiger charge is 1.94. The van der Waals surface area contributed by atoms with Gasteiger partial charge in [0.05, 0.1) is 0 Å². The molecule has 0 saturated carbocycles. The molecule has 23 heavy (non-hydrogen) atoms. The summed E-state index contributed by atoms with van der Waals surface area (Å²) in [6, 6.07) is 18.3. The van der Waals surface area contributed by atoms with Crippen molar-refractivity contribution in [3.63, 3.8) is 0 Å². The molecule has 0 aliphatic carbocycles. The highest BCUT2D eigenvalue weighted by molar-refractivity contribution is 5.26. The topological polar surface area (TPSA) is 12.5 Å². The SMILES string of the molecule is CCCCN(C)CC.Cc1ccc(OCc2ccccc2)cc1. The molecule has 0 spiro atoms. The number of nitrogens with zero attached hydrogens (tertiary/aromatic N) is 1. The number of rotatable bonds is 7. The van der Waals surface area contributed by atoms with Gasteiger partial charge in [-0.05, 0) is 51.2 Å². The zero-order valence-electron chi connectivity index (χ0n) is 15.1. The molecule has 0 atom stereocenters. The first-order valence-electron chi connectivity index (χ1n) is 8.57. The van der Waals surface area contributed by atoms with Gasteiger partial charge in [-0.3, -0.25) is 0 Å². The third-order valence-electron chi connectivity index (χ3n) is 3.70. The van der Waals surface area contributed by atoms with Gasteiger partial charge in [0, 0.05) is 0 Å². The van der Waals surface area contributed by atoms with Crippen LogP contribution in [0.5, 0.6) is 5.75 Å². The van der Waals surface area contributed by atoms with Crippen molar-refractivity contribution in [2.45, 2.75) is 40.2 Å². The molecule has 0 radical (unpaired) electrons. The minimum Gasteiger partial charge on any atom is -0.489 e. The Hall–Kier alpha value is -1.80. The Balaban J connectivity index is 0.000000284. The molecule has 0 unspecified atom stereocenters. The van der Waals surface area contributed by atoms with Crippen molar-refractivity contribution in [1.82, 2.24) is 4.90 Å². The fraction of sp³-hybridized carbons (Fsp3) is 0.429. The van der Waals surface area contributed by atoms with Crippen molar-refractivity contribution < 1.29 is 4.74 Å². The smallest absolute Gasteiger partial charge is 0.119 e. The molecular formula is C21H31NO. The molecule has 126 valence electrons. The lowest BCUT2D eigenvalue weighted by molar-refractivity contribution is 0.306. The monoisotopic (exact) mass is 313 g/mol. The molecule has 2 rings (SSSR count).